The van der Waals surface area contributed by atoms with Gasteiger partial charge in [0.2, 0.25) is 0 Å². The summed E-state index contributed by atoms with van der Waals surface area (Å²) < 4.78 is 0. The predicted molar refractivity (Wildman–Crippen MR) is 30.8 cm³/mol. The molecule has 0 aliphatic heterocycles. The van der Waals surface area contributed by atoms with Gasteiger partial charge >= 0.3 is 0 Å². The minimum absolute atomic E-state index is 0. The maximum atomic E-state index is 8.50. The number of hydrogen-bond donors (Lipinski definition) is 4. The Morgan fingerprint density at radius 2 is 0.900 bits per heavy atom. The summed E-state index contributed by atoms with van der Waals surface area (Å²) in [7, 11) is 0. The molecule has 64 valence electrons. The molecule has 0 aliphatic carbocycles. The van der Waals surface area contributed by atoms with Crippen LogP contribution in [0, 0.1) is 5.41 Å². The van der Waals surface area contributed by atoms with Crippen LogP contribution in [0.3, 0.4) is 0 Å². The van der Waals surface area contributed by atoms with Crippen LogP contribution in [0.1, 0.15) is 0 Å². The van der Waals surface area contributed by atoms with Gasteiger partial charge in [0.1, 0.15) is 0 Å². The third-order valence-corrected chi connectivity index (χ3v) is 1.34. The average molecular weight is 237 g/mol. The molecule has 0 bridgehead atoms. The van der Waals surface area contributed by atoms with E-state index < -0.39 is 31.8 Å². The van der Waals surface area contributed by atoms with E-state index in [1.54, 1.807) is 0 Å². The quantitative estimate of drug-likeness (QED) is 0.424. The molecule has 0 amide bonds. The van der Waals surface area contributed by atoms with Crippen molar-refractivity contribution in [3.05, 3.63) is 0 Å². The largest absolute Gasteiger partial charge is 0.396 e. The van der Waals surface area contributed by atoms with Crippen molar-refractivity contribution in [2.24, 2.45) is 5.41 Å². The van der Waals surface area contributed by atoms with Crippen LogP contribution in [0.25, 0.3) is 0 Å². The third kappa shape index (κ3) is 3.03. The zero-order valence-electron chi connectivity index (χ0n) is 5.47. The summed E-state index contributed by atoms with van der Waals surface area (Å²) in [5, 5.41) is 34.0. The summed E-state index contributed by atoms with van der Waals surface area (Å²) in [6.45, 7) is -1.62. The van der Waals surface area contributed by atoms with Crippen molar-refractivity contribution >= 4 is 0 Å². The Bertz CT molecular complexity index is 56.5. The summed E-state index contributed by atoms with van der Waals surface area (Å²) >= 11 is 0. The fraction of sp³-hybridized carbons (Fsp3) is 1.00. The molecule has 4 nitrogen and oxygen atoms in total. The van der Waals surface area contributed by atoms with Gasteiger partial charge in [0.05, 0.1) is 31.8 Å². The molecule has 4 N–H and O–H groups in total. The van der Waals surface area contributed by atoms with Gasteiger partial charge in [-0.3, -0.25) is 0 Å². The van der Waals surface area contributed by atoms with Crippen LogP contribution in [0.2, 0.25) is 0 Å². The van der Waals surface area contributed by atoms with Crippen molar-refractivity contribution in [2.45, 2.75) is 0 Å². The Labute approximate surface area is 72.3 Å². The van der Waals surface area contributed by atoms with E-state index in [4.69, 9.17) is 20.4 Å². The molecular formula is C5H12O4Ru. The maximum Gasteiger partial charge on any atom is 0.0627 e. The molecular weight excluding hydrogens is 225 g/mol. The Balaban J connectivity index is 0. The minimum Gasteiger partial charge on any atom is -0.396 e. The molecule has 0 radical (unpaired) electrons. The van der Waals surface area contributed by atoms with Gasteiger partial charge in [0, 0.05) is 19.5 Å². The van der Waals surface area contributed by atoms with E-state index in [1.165, 1.54) is 0 Å². The number of hydrogen-bond acceptors (Lipinski definition) is 4. The third-order valence-electron chi connectivity index (χ3n) is 1.34. The zero-order valence-corrected chi connectivity index (χ0v) is 7.21. The van der Waals surface area contributed by atoms with E-state index in [2.05, 4.69) is 0 Å². The fourth-order valence-electron chi connectivity index (χ4n) is 0.300. The van der Waals surface area contributed by atoms with E-state index in [0.717, 1.165) is 0 Å². The first kappa shape index (κ1) is 13.1. The van der Waals surface area contributed by atoms with E-state index >= 15 is 0 Å². The van der Waals surface area contributed by atoms with Crippen LogP contribution < -0.4 is 0 Å². The molecule has 0 saturated carbocycles. The monoisotopic (exact) mass is 238 g/mol. The molecule has 0 aliphatic rings. The molecule has 0 rings (SSSR count). The number of aliphatic hydroxyl groups excluding tert-OH is 4. The van der Waals surface area contributed by atoms with Crippen molar-refractivity contribution in [1.82, 2.24) is 0 Å². The zero-order chi connectivity index (χ0) is 7.33. The summed E-state index contributed by atoms with van der Waals surface area (Å²) in [5.41, 5.74) is -1.11. The Kier molecular flexibility index (Phi) is 8.10. The van der Waals surface area contributed by atoms with Gasteiger partial charge < -0.3 is 20.4 Å². The molecule has 0 aromatic carbocycles. The normalized spacial score (nSPS) is 10.8. The van der Waals surface area contributed by atoms with Crippen molar-refractivity contribution in [3.8, 4) is 0 Å². The summed E-state index contributed by atoms with van der Waals surface area (Å²) in [5.74, 6) is 0. The van der Waals surface area contributed by atoms with Gasteiger partial charge in [-0.25, -0.2) is 0 Å². The van der Waals surface area contributed by atoms with Gasteiger partial charge in [-0.15, -0.1) is 0 Å². The molecule has 0 unspecified atom stereocenters. The van der Waals surface area contributed by atoms with Crippen LogP contribution in [0.15, 0.2) is 0 Å². The van der Waals surface area contributed by atoms with Gasteiger partial charge in [0.25, 0.3) is 0 Å². The second-order valence-corrected chi connectivity index (χ2v) is 2.13. The first-order chi connectivity index (χ1) is 4.24. The van der Waals surface area contributed by atoms with Crippen LogP contribution in [0.4, 0.5) is 0 Å². The van der Waals surface area contributed by atoms with Crippen LogP contribution in [0.5, 0.6) is 0 Å². The molecule has 0 saturated heterocycles. The molecule has 0 fully saturated rings. The first-order valence-electron chi connectivity index (χ1n) is 2.68. The smallest absolute Gasteiger partial charge is 0.0627 e. The summed E-state index contributed by atoms with van der Waals surface area (Å²) in [4.78, 5) is 0. The topological polar surface area (TPSA) is 80.9 Å². The molecule has 0 atom stereocenters. The molecule has 0 aromatic rings. The first-order valence-corrected chi connectivity index (χ1v) is 2.68. The molecule has 0 heterocycles. The van der Waals surface area contributed by atoms with Crippen molar-refractivity contribution in [3.63, 3.8) is 0 Å². The standard InChI is InChI=1S/C5H12O4.Ru/c6-1-5(2-7,3-8)4-9;/h6-9H,1-4H2;. The fourth-order valence-corrected chi connectivity index (χ4v) is 0.300. The van der Waals surface area contributed by atoms with Gasteiger partial charge in [0.15, 0.2) is 0 Å². The van der Waals surface area contributed by atoms with Gasteiger partial charge in [-0.1, -0.05) is 0 Å². The van der Waals surface area contributed by atoms with E-state index in [-0.39, 0.29) is 19.5 Å². The van der Waals surface area contributed by atoms with Gasteiger partial charge in [-0.05, 0) is 0 Å². The van der Waals surface area contributed by atoms with Crippen LogP contribution in [-0.4, -0.2) is 46.9 Å². The average Bonchev–Trinajstić information content (AvgIpc) is 1.95. The van der Waals surface area contributed by atoms with E-state index in [0.29, 0.717) is 0 Å². The Morgan fingerprint density at radius 3 is 0.900 bits per heavy atom. The SMILES string of the molecule is OCC(CO)(CO)CO.[Ru]. The van der Waals surface area contributed by atoms with Crippen molar-refractivity contribution in [1.29, 1.82) is 0 Å². The molecule has 0 spiro atoms. The Morgan fingerprint density at radius 1 is 0.700 bits per heavy atom. The second-order valence-electron chi connectivity index (χ2n) is 2.13. The minimum atomic E-state index is -1.11. The van der Waals surface area contributed by atoms with Crippen molar-refractivity contribution in [2.75, 3.05) is 26.4 Å². The second kappa shape index (κ2) is 6.19. The molecule has 5 heteroatoms. The molecule has 0 aromatic heterocycles. The molecule has 10 heavy (non-hydrogen) atoms. The van der Waals surface area contributed by atoms with Crippen LogP contribution in [-0.2, 0) is 19.5 Å². The summed E-state index contributed by atoms with van der Waals surface area (Å²) in [6.07, 6.45) is 0. The van der Waals surface area contributed by atoms with Gasteiger partial charge in [-0.2, -0.15) is 0 Å². The van der Waals surface area contributed by atoms with E-state index in [1.807, 2.05) is 0 Å². The summed E-state index contributed by atoms with van der Waals surface area (Å²) in [6, 6.07) is 0. The van der Waals surface area contributed by atoms with Crippen LogP contribution >= 0.6 is 0 Å². The predicted octanol–water partition coefficient (Wildman–Crippen LogP) is -2.06. The number of rotatable bonds is 4. The van der Waals surface area contributed by atoms with E-state index in [9.17, 15) is 0 Å². The van der Waals surface area contributed by atoms with Crippen molar-refractivity contribution < 1.29 is 39.9 Å². The number of aliphatic hydroxyl groups is 4. The Hall–Kier alpha value is 0.463. The maximum absolute atomic E-state index is 8.50.